The molecule has 0 bridgehead atoms. The highest BCUT2D eigenvalue weighted by Crippen LogP contribution is 2.34. The summed E-state index contributed by atoms with van der Waals surface area (Å²) in [6, 6.07) is 1.79. The molecule has 1 saturated heterocycles. The van der Waals surface area contributed by atoms with E-state index in [0.29, 0.717) is 18.9 Å². The van der Waals surface area contributed by atoms with E-state index >= 15 is 0 Å². The number of alkyl halides is 3. The van der Waals surface area contributed by atoms with Gasteiger partial charge in [-0.25, -0.2) is 4.98 Å². The molecule has 0 spiro atoms. The van der Waals surface area contributed by atoms with E-state index in [1.54, 1.807) is 7.05 Å². The Labute approximate surface area is 174 Å². The third-order valence-electron chi connectivity index (χ3n) is 5.36. The molecule has 0 amide bonds. The normalized spacial score (nSPS) is 20.4. The lowest BCUT2D eigenvalue weighted by molar-refractivity contribution is -0.137. The summed E-state index contributed by atoms with van der Waals surface area (Å²) in [4.78, 5) is 12.6. The maximum absolute atomic E-state index is 12.8. The van der Waals surface area contributed by atoms with Crippen LogP contribution < -0.4 is 15.5 Å². The molecule has 1 aromatic rings. The van der Waals surface area contributed by atoms with Gasteiger partial charge in [-0.05, 0) is 31.9 Å². The van der Waals surface area contributed by atoms with Crippen molar-refractivity contribution in [3.8, 4) is 0 Å². The van der Waals surface area contributed by atoms with Crippen LogP contribution in [0, 0.1) is 0 Å². The van der Waals surface area contributed by atoms with Crippen LogP contribution in [0.4, 0.5) is 19.0 Å². The first-order chi connectivity index (χ1) is 13.8. The molecule has 1 atom stereocenters. The lowest BCUT2D eigenvalue weighted by Crippen LogP contribution is -2.46. The molecule has 0 radical (unpaired) electrons. The van der Waals surface area contributed by atoms with E-state index in [2.05, 4.69) is 32.4 Å². The lowest BCUT2D eigenvalue weighted by atomic mass is 10.2. The summed E-state index contributed by atoms with van der Waals surface area (Å²) in [7, 11) is 1.73. The summed E-state index contributed by atoms with van der Waals surface area (Å²) in [6.45, 7) is 6.28. The summed E-state index contributed by atoms with van der Waals surface area (Å²) in [5, 5.41) is 6.75. The second-order valence-corrected chi connectivity index (χ2v) is 7.87. The van der Waals surface area contributed by atoms with Crippen LogP contribution in [0.25, 0.3) is 0 Å². The van der Waals surface area contributed by atoms with Gasteiger partial charge in [0.1, 0.15) is 5.82 Å². The van der Waals surface area contributed by atoms with Crippen molar-refractivity contribution in [3.63, 3.8) is 0 Å². The van der Waals surface area contributed by atoms with E-state index in [4.69, 9.17) is 11.6 Å². The van der Waals surface area contributed by atoms with Crippen molar-refractivity contribution in [2.24, 2.45) is 4.99 Å². The molecule has 6 nitrogen and oxygen atoms in total. The van der Waals surface area contributed by atoms with Crippen LogP contribution in [0.3, 0.4) is 0 Å². The number of rotatable bonds is 7. The zero-order valence-electron chi connectivity index (χ0n) is 16.8. The molecule has 1 unspecified atom stereocenters. The first kappa shape index (κ1) is 22.0. The number of anilines is 1. The number of likely N-dealkylation sites (N-methyl/N-ethyl adjacent to an activating group) is 1. The number of hydrogen-bond acceptors (Lipinski definition) is 4. The average molecular weight is 433 g/mol. The van der Waals surface area contributed by atoms with Gasteiger partial charge in [-0.2, -0.15) is 13.2 Å². The molecule has 1 aliphatic carbocycles. The molecular weight excluding hydrogens is 405 g/mol. The van der Waals surface area contributed by atoms with Gasteiger partial charge in [0.15, 0.2) is 5.96 Å². The van der Waals surface area contributed by atoms with Crippen molar-refractivity contribution < 1.29 is 13.2 Å². The Morgan fingerprint density at radius 3 is 2.72 bits per heavy atom. The zero-order valence-corrected chi connectivity index (χ0v) is 17.5. The van der Waals surface area contributed by atoms with Crippen LogP contribution in [0.15, 0.2) is 17.3 Å². The Kier molecular flexibility index (Phi) is 7.10. The second kappa shape index (κ2) is 9.38. The maximum atomic E-state index is 12.8. The fourth-order valence-electron chi connectivity index (χ4n) is 3.63. The van der Waals surface area contributed by atoms with E-state index in [1.807, 2.05) is 4.90 Å². The molecule has 1 saturated carbocycles. The quantitative estimate of drug-likeness (QED) is 0.512. The van der Waals surface area contributed by atoms with Crippen molar-refractivity contribution in [2.45, 2.75) is 44.4 Å². The molecule has 2 aliphatic rings. The van der Waals surface area contributed by atoms with E-state index in [9.17, 15) is 13.2 Å². The van der Waals surface area contributed by atoms with Crippen molar-refractivity contribution >= 4 is 23.4 Å². The Bertz CT molecular complexity index is 722. The van der Waals surface area contributed by atoms with Gasteiger partial charge in [-0.15, -0.1) is 0 Å². The third kappa shape index (κ3) is 5.88. The van der Waals surface area contributed by atoms with Gasteiger partial charge >= 0.3 is 6.18 Å². The predicted octanol–water partition coefficient (Wildman–Crippen LogP) is 2.98. The Balaban J connectivity index is 1.49. The van der Waals surface area contributed by atoms with Crippen molar-refractivity contribution in [1.82, 2.24) is 20.5 Å². The number of pyridine rings is 1. The highest BCUT2D eigenvalue weighted by Gasteiger charge is 2.33. The zero-order chi connectivity index (χ0) is 21.0. The van der Waals surface area contributed by atoms with E-state index in [1.165, 1.54) is 12.8 Å². The fraction of sp³-hybridized carbons (Fsp3) is 0.684. The molecule has 1 aliphatic heterocycles. The molecule has 162 valence electrons. The number of halogens is 4. The molecule has 10 heteroatoms. The van der Waals surface area contributed by atoms with Crippen molar-refractivity contribution in [3.05, 3.63) is 22.8 Å². The van der Waals surface area contributed by atoms with E-state index in [0.717, 1.165) is 50.3 Å². The van der Waals surface area contributed by atoms with Gasteiger partial charge < -0.3 is 15.5 Å². The van der Waals surface area contributed by atoms with Gasteiger partial charge in [0.25, 0.3) is 0 Å². The summed E-state index contributed by atoms with van der Waals surface area (Å²) in [5.74, 6) is 1.12. The summed E-state index contributed by atoms with van der Waals surface area (Å²) >= 11 is 6.07. The number of nitrogens with zero attached hydrogens (tertiary/aromatic N) is 4. The van der Waals surface area contributed by atoms with Crippen LogP contribution in [0.2, 0.25) is 5.02 Å². The van der Waals surface area contributed by atoms with Crippen LogP contribution in [0.1, 0.15) is 31.7 Å². The number of guanidine groups is 1. The van der Waals surface area contributed by atoms with Crippen LogP contribution in [0.5, 0.6) is 0 Å². The van der Waals surface area contributed by atoms with Gasteiger partial charge in [0, 0.05) is 51.5 Å². The molecule has 2 N–H and O–H groups in total. The molecule has 2 fully saturated rings. The highest BCUT2D eigenvalue weighted by molar-refractivity contribution is 6.33. The minimum absolute atomic E-state index is 0.0164. The summed E-state index contributed by atoms with van der Waals surface area (Å²) in [5.41, 5.74) is -0.836. The molecular formula is C19H28ClF3N6. The fourth-order valence-corrected chi connectivity index (χ4v) is 3.92. The highest BCUT2D eigenvalue weighted by atomic mass is 35.5. The largest absolute Gasteiger partial charge is 0.417 e. The standard InChI is InChI=1S/C19H28ClF3N6/c1-3-28(15-4-5-15)9-7-25-18(24-2)27-14-6-8-29(12-14)17-16(20)10-13(11-26-17)19(21,22)23/h10-11,14-15H,3-9,12H2,1-2H3,(H2,24,25,27). The number of aromatic nitrogens is 1. The summed E-state index contributed by atoms with van der Waals surface area (Å²) < 4.78 is 38.4. The van der Waals surface area contributed by atoms with E-state index < -0.39 is 11.7 Å². The van der Waals surface area contributed by atoms with Crippen molar-refractivity contribution in [1.29, 1.82) is 0 Å². The topological polar surface area (TPSA) is 55.8 Å². The third-order valence-corrected chi connectivity index (χ3v) is 5.64. The van der Waals surface area contributed by atoms with Crippen molar-refractivity contribution in [2.75, 3.05) is 44.7 Å². The van der Waals surface area contributed by atoms with Gasteiger partial charge in [-0.3, -0.25) is 9.89 Å². The molecule has 0 aromatic carbocycles. The van der Waals surface area contributed by atoms with Crippen LogP contribution >= 0.6 is 11.6 Å². The molecule has 29 heavy (non-hydrogen) atoms. The van der Waals surface area contributed by atoms with E-state index in [-0.39, 0.29) is 11.1 Å². The minimum atomic E-state index is -4.45. The van der Waals surface area contributed by atoms with Crippen LogP contribution in [-0.4, -0.2) is 67.7 Å². The Morgan fingerprint density at radius 2 is 2.14 bits per heavy atom. The number of hydrogen-bond donors (Lipinski definition) is 2. The number of aliphatic imine (C=N–C) groups is 1. The summed E-state index contributed by atoms with van der Waals surface area (Å²) in [6.07, 6.45) is -0.210. The number of nitrogens with one attached hydrogen (secondary N) is 2. The SMILES string of the molecule is CCN(CCNC(=NC)NC1CCN(c2ncc(C(F)(F)F)cc2Cl)C1)C1CC1. The monoisotopic (exact) mass is 432 g/mol. The van der Waals surface area contributed by atoms with Crippen LogP contribution in [-0.2, 0) is 6.18 Å². The smallest absolute Gasteiger partial charge is 0.355 e. The van der Waals surface area contributed by atoms with Gasteiger partial charge in [-0.1, -0.05) is 18.5 Å². The average Bonchev–Trinajstić information content (AvgIpc) is 3.42. The molecule has 3 rings (SSSR count). The minimum Gasteiger partial charge on any atom is -0.355 e. The molecule has 1 aromatic heterocycles. The lowest BCUT2D eigenvalue weighted by Gasteiger charge is -2.22. The second-order valence-electron chi connectivity index (χ2n) is 7.46. The first-order valence-electron chi connectivity index (χ1n) is 10.0. The van der Waals surface area contributed by atoms with Gasteiger partial charge in [0.05, 0.1) is 10.6 Å². The Morgan fingerprint density at radius 1 is 1.38 bits per heavy atom. The molecule has 2 heterocycles. The maximum Gasteiger partial charge on any atom is 0.417 e. The Hall–Kier alpha value is -1.74. The first-order valence-corrected chi connectivity index (χ1v) is 10.4. The predicted molar refractivity (Wildman–Crippen MR) is 110 cm³/mol. The van der Waals surface area contributed by atoms with Gasteiger partial charge in [0.2, 0.25) is 0 Å².